The molecule has 5 saturated carbocycles. The van der Waals surface area contributed by atoms with E-state index in [4.69, 9.17) is 0 Å². The molecule has 76 valence electrons. The molecule has 0 spiro atoms. The minimum absolute atomic E-state index is 1.21. The molecule has 0 heteroatoms. The minimum atomic E-state index is 1.21. The fourth-order valence-electron chi connectivity index (χ4n) is 6.90. The zero-order valence-electron chi connectivity index (χ0n) is 8.86. The van der Waals surface area contributed by atoms with E-state index >= 15 is 0 Å². The lowest BCUT2D eigenvalue weighted by molar-refractivity contribution is -0.0918. The second-order valence-corrected chi connectivity index (χ2v) is 6.98. The molecular weight excluding hydrogens is 168 g/mol. The first kappa shape index (κ1) is 7.30. The van der Waals surface area contributed by atoms with Crippen LogP contribution in [0.15, 0.2) is 0 Å². The molecule has 14 heavy (non-hydrogen) atoms. The van der Waals surface area contributed by atoms with Crippen molar-refractivity contribution in [3.05, 3.63) is 0 Å². The first-order valence-corrected chi connectivity index (χ1v) is 6.93. The SMILES string of the molecule is C1C[C@H]2C[C@H]1C1C2C2C1[C@H]1CC[C@H]2C1. The van der Waals surface area contributed by atoms with Crippen LogP contribution in [0.2, 0.25) is 0 Å². The molecule has 0 aliphatic heterocycles. The molecule has 4 atom stereocenters. The van der Waals surface area contributed by atoms with Gasteiger partial charge in [-0.1, -0.05) is 0 Å². The van der Waals surface area contributed by atoms with Crippen molar-refractivity contribution in [2.75, 3.05) is 0 Å². The van der Waals surface area contributed by atoms with Gasteiger partial charge in [0.05, 0.1) is 0 Å². The van der Waals surface area contributed by atoms with E-state index in [1.807, 2.05) is 0 Å². The lowest BCUT2D eigenvalue weighted by atomic mass is 9.48. The van der Waals surface area contributed by atoms with Gasteiger partial charge in [0, 0.05) is 0 Å². The Bertz CT molecular complexity index is 228. The predicted octanol–water partition coefficient (Wildman–Crippen LogP) is 3.32. The summed E-state index contributed by atoms with van der Waals surface area (Å²) < 4.78 is 0. The largest absolute Gasteiger partial charge is 0.0499 e. The first-order chi connectivity index (χ1) is 6.93. The molecule has 0 amide bonds. The van der Waals surface area contributed by atoms with Crippen LogP contribution in [0, 0.1) is 47.3 Å². The summed E-state index contributed by atoms with van der Waals surface area (Å²) >= 11 is 0. The van der Waals surface area contributed by atoms with Crippen molar-refractivity contribution in [3.8, 4) is 0 Å². The van der Waals surface area contributed by atoms with Crippen molar-refractivity contribution in [3.63, 3.8) is 0 Å². The molecule has 5 rings (SSSR count). The number of rotatable bonds is 0. The maximum Gasteiger partial charge on any atom is -0.0318 e. The van der Waals surface area contributed by atoms with Crippen molar-refractivity contribution < 1.29 is 0 Å². The van der Waals surface area contributed by atoms with Crippen LogP contribution in [0.5, 0.6) is 0 Å². The highest BCUT2D eigenvalue weighted by molar-refractivity contribution is 5.17. The van der Waals surface area contributed by atoms with Gasteiger partial charge in [0.25, 0.3) is 0 Å². The molecule has 0 aromatic heterocycles. The summed E-state index contributed by atoms with van der Waals surface area (Å²) in [6.45, 7) is 0. The third-order valence-corrected chi connectivity index (χ3v) is 6.98. The van der Waals surface area contributed by atoms with Gasteiger partial charge in [0.2, 0.25) is 0 Å². The van der Waals surface area contributed by atoms with E-state index in [9.17, 15) is 0 Å². The third-order valence-electron chi connectivity index (χ3n) is 6.98. The summed E-state index contributed by atoms with van der Waals surface area (Å²) in [5.74, 6) is 9.89. The van der Waals surface area contributed by atoms with Gasteiger partial charge >= 0.3 is 0 Å². The number of hydrogen-bond acceptors (Lipinski definition) is 0. The smallest absolute Gasteiger partial charge is 0.0318 e. The second kappa shape index (κ2) is 2.08. The van der Waals surface area contributed by atoms with Gasteiger partial charge in [-0.25, -0.2) is 0 Å². The van der Waals surface area contributed by atoms with Crippen molar-refractivity contribution in [2.45, 2.75) is 38.5 Å². The summed E-state index contributed by atoms with van der Waals surface area (Å²) in [4.78, 5) is 0. The average Bonchev–Trinajstić information content (AvgIpc) is 2.82. The molecule has 5 aliphatic rings. The Hall–Kier alpha value is 0. The maximum absolute atomic E-state index is 1.65. The Morgan fingerprint density at radius 2 is 0.714 bits per heavy atom. The quantitative estimate of drug-likeness (QED) is 0.547. The van der Waals surface area contributed by atoms with Crippen LogP contribution in [0.1, 0.15) is 38.5 Å². The Balaban J connectivity index is 1.58. The second-order valence-electron chi connectivity index (χ2n) is 6.98. The third kappa shape index (κ3) is 0.581. The molecule has 4 bridgehead atoms. The van der Waals surface area contributed by atoms with Gasteiger partial charge in [-0.05, 0) is 85.9 Å². The van der Waals surface area contributed by atoms with E-state index in [0.29, 0.717) is 0 Å². The van der Waals surface area contributed by atoms with Crippen molar-refractivity contribution in [2.24, 2.45) is 47.3 Å². The van der Waals surface area contributed by atoms with Crippen LogP contribution < -0.4 is 0 Å². The molecule has 0 N–H and O–H groups in total. The van der Waals surface area contributed by atoms with Crippen LogP contribution in [-0.4, -0.2) is 0 Å². The molecule has 0 aromatic carbocycles. The normalized spacial score (nSPS) is 72.0. The number of hydrogen-bond donors (Lipinski definition) is 0. The monoisotopic (exact) mass is 188 g/mol. The van der Waals surface area contributed by atoms with Gasteiger partial charge in [-0.2, -0.15) is 0 Å². The van der Waals surface area contributed by atoms with E-state index in [-0.39, 0.29) is 0 Å². The van der Waals surface area contributed by atoms with Gasteiger partial charge in [-0.15, -0.1) is 0 Å². The molecule has 0 aromatic rings. The molecule has 0 unspecified atom stereocenters. The average molecular weight is 188 g/mol. The van der Waals surface area contributed by atoms with Gasteiger partial charge < -0.3 is 0 Å². The summed E-state index contributed by atoms with van der Waals surface area (Å²) in [7, 11) is 0. The molecule has 0 saturated heterocycles. The van der Waals surface area contributed by atoms with Crippen LogP contribution >= 0.6 is 0 Å². The van der Waals surface area contributed by atoms with E-state index in [0.717, 1.165) is 0 Å². The molecule has 5 fully saturated rings. The molecule has 0 nitrogen and oxygen atoms in total. The Morgan fingerprint density at radius 3 is 1.00 bits per heavy atom. The maximum atomic E-state index is 1.65. The number of fused-ring (bicyclic) bond motifs is 12. The summed E-state index contributed by atoms with van der Waals surface area (Å²) in [6.07, 6.45) is 9.78. The van der Waals surface area contributed by atoms with Gasteiger partial charge in [0.15, 0.2) is 0 Å². The summed E-state index contributed by atoms with van der Waals surface area (Å²) in [5.41, 5.74) is 0. The molecular formula is C14H20. The van der Waals surface area contributed by atoms with Crippen LogP contribution in [-0.2, 0) is 0 Å². The van der Waals surface area contributed by atoms with Crippen LogP contribution in [0.25, 0.3) is 0 Å². The standard InChI is InChI=1S/C14H20/c1-2-8-5-7(1)11-12(8)14-10-4-3-9(6-10)13(11)14/h7-14H,1-6H2/t7-,8-,9-,10-,11?,12?,13?,14?/m0/s1. The summed E-state index contributed by atoms with van der Waals surface area (Å²) in [6, 6.07) is 0. The molecule has 0 radical (unpaired) electrons. The molecule has 0 heterocycles. The van der Waals surface area contributed by atoms with E-state index in [1.165, 1.54) is 47.3 Å². The van der Waals surface area contributed by atoms with E-state index in [2.05, 4.69) is 0 Å². The zero-order valence-corrected chi connectivity index (χ0v) is 8.86. The predicted molar refractivity (Wildman–Crippen MR) is 55.6 cm³/mol. The zero-order chi connectivity index (χ0) is 8.86. The van der Waals surface area contributed by atoms with Crippen molar-refractivity contribution >= 4 is 0 Å². The molecule has 5 aliphatic carbocycles. The highest BCUT2D eigenvalue weighted by Crippen LogP contribution is 2.75. The highest BCUT2D eigenvalue weighted by atomic mass is 14.7. The minimum Gasteiger partial charge on any atom is -0.0499 e. The Morgan fingerprint density at radius 1 is 0.429 bits per heavy atom. The van der Waals surface area contributed by atoms with Crippen LogP contribution in [0.4, 0.5) is 0 Å². The van der Waals surface area contributed by atoms with Gasteiger partial charge in [0.1, 0.15) is 0 Å². The Kier molecular flexibility index (Phi) is 1.08. The first-order valence-electron chi connectivity index (χ1n) is 6.93. The summed E-state index contributed by atoms with van der Waals surface area (Å²) in [5, 5.41) is 0. The highest BCUT2D eigenvalue weighted by Gasteiger charge is 2.69. The topological polar surface area (TPSA) is 0 Å². The van der Waals surface area contributed by atoms with Crippen molar-refractivity contribution in [1.82, 2.24) is 0 Å². The van der Waals surface area contributed by atoms with Gasteiger partial charge in [-0.3, -0.25) is 0 Å². The Labute approximate surface area is 86.5 Å². The van der Waals surface area contributed by atoms with E-state index in [1.54, 1.807) is 38.5 Å². The fraction of sp³-hybridized carbons (Fsp3) is 1.00. The fourth-order valence-corrected chi connectivity index (χ4v) is 6.90. The lowest BCUT2D eigenvalue weighted by Gasteiger charge is -2.57. The van der Waals surface area contributed by atoms with E-state index < -0.39 is 0 Å². The van der Waals surface area contributed by atoms with Crippen molar-refractivity contribution in [1.29, 1.82) is 0 Å². The van der Waals surface area contributed by atoms with Crippen LogP contribution in [0.3, 0.4) is 0 Å². The lowest BCUT2D eigenvalue weighted by Crippen LogP contribution is -2.52.